The number of carbonyl (C=O) groups excluding carboxylic acids is 2. The Kier molecular flexibility index (Phi) is 7.62. The maximum atomic E-state index is 13.6. The average molecular weight is 510 g/mol. The molecule has 0 bridgehead atoms. The average Bonchev–Trinajstić information content (AvgIpc) is 3.37. The monoisotopic (exact) mass is 509 g/mol. The van der Waals surface area contributed by atoms with E-state index in [0.717, 1.165) is 21.9 Å². The van der Waals surface area contributed by atoms with Crippen molar-refractivity contribution in [2.75, 3.05) is 13.1 Å². The van der Waals surface area contributed by atoms with Gasteiger partial charge in [-0.05, 0) is 58.9 Å². The number of halogens is 1. The molecule has 1 saturated heterocycles. The Morgan fingerprint density at radius 3 is 2.54 bits per heavy atom. The van der Waals surface area contributed by atoms with Crippen molar-refractivity contribution >= 4 is 34.8 Å². The topological polar surface area (TPSA) is 62.3 Å². The molecule has 35 heavy (non-hydrogen) atoms. The van der Waals surface area contributed by atoms with Crippen LogP contribution in [0.1, 0.15) is 56.0 Å². The molecule has 0 aliphatic carbocycles. The van der Waals surface area contributed by atoms with E-state index in [1.165, 1.54) is 5.56 Å². The van der Waals surface area contributed by atoms with E-state index in [1.54, 1.807) is 23.7 Å². The van der Waals surface area contributed by atoms with Crippen molar-refractivity contribution in [3.05, 3.63) is 76.4 Å². The second-order valence-corrected chi connectivity index (χ2v) is 11.7. The van der Waals surface area contributed by atoms with Crippen LogP contribution in [-0.2, 0) is 4.79 Å². The van der Waals surface area contributed by atoms with Gasteiger partial charge < -0.3 is 10.2 Å². The van der Waals surface area contributed by atoms with Gasteiger partial charge in [-0.25, -0.2) is 0 Å². The molecule has 1 fully saturated rings. The minimum absolute atomic E-state index is 0.0293. The normalized spacial score (nSPS) is 18.3. The van der Waals surface area contributed by atoms with E-state index in [4.69, 9.17) is 11.6 Å². The number of carbonyl (C=O) groups is 2. The number of aromatic nitrogens is 1. The highest BCUT2D eigenvalue weighted by molar-refractivity contribution is 7.13. The molecule has 1 N–H and O–H groups in total. The van der Waals surface area contributed by atoms with Crippen LogP contribution in [0.3, 0.4) is 0 Å². The fourth-order valence-electron chi connectivity index (χ4n) is 4.93. The van der Waals surface area contributed by atoms with Gasteiger partial charge in [0.15, 0.2) is 0 Å². The molecule has 4 rings (SSSR count). The van der Waals surface area contributed by atoms with E-state index in [1.807, 2.05) is 54.5 Å². The Balaban J connectivity index is 1.47. The van der Waals surface area contributed by atoms with Gasteiger partial charge in [-0.3, -0.25) is 14.6 Å². The molecule has 5 nitrogen and oxygen atoms in total. The van der Waals surface area contributed by atoms with Gasteiger partial charge >= 0.3 is 0 Å². The summed E-state index contributed by atoms with van der Waals surface area (Å²) in [6, 6.07) is 13.2. The largest absolute Gasteiger partial charge is 0.340 e. The van der Waals surface area contributed by atoms with Crippen LogP contribution in [0.25, 0.3) is 10.4 Å². The van der Waals surface area contributed by atoms with Gasteiger partial charge in [-0.2, -0.15) is 0 Å². The minimum Gasteiger partial charge on any atom is -0.340 e. The number of pyridine rings is 1. The van der Waals surface area contributed by atoms with Crippen LogP contribution in [0.5, 0.6) is 0 Å². The standard InChI is InChI=1S/C28H32ClN3O2S/c1-18(2)25(31-26(33)21-14-20(15-30-16-21)24-6-5-13-35-24)27(34)32-12-11-23(28(3,4)17-32)19-7-9-22(29)10-8-19/h5-10,13-16,18,23,25H,11-12,17H2,1-4H3,(H,31,33)/t23-,25-/m1/s1. The lowest BCUT2D eigenvalue weighted by atomic mass is 9.70. The molecule has 0 unspecified atom stereocenters. The highest BCUT2D eigenvalue weighted by atomic mass is 35.5. The third-order valence-electron chi connectivity index (χ3n) is 6.84. The fourth-order valence-corrected chi connectivity index (χ4v) is 5.77. The van der Waals surface area contributed by atoms with Crippen molar-refractivity contribution in [1.82, 2.24) is 15.2 Å². The maximum Gasteiger partial charge on any atom is 0.253 e. The van der Waals surface area contributed by atoms with Gasteiger partial charge in [0.1, 0.15) is 6.04 Å². The van der Waals surface area contributed by atoms with Crippen LogP contribution in [0.15, 0.2) is 60.2 Å². The number of hydrogen-bond acceptors (Lipinski definition) is 4. The number of benzene rings is 1. The van der Waals surface area contributed by atoms with Crippen molar-refractivity contribution in [2.24, 2.45) is 11.3 Å². The number of thiophene rings is 1. The predicted octanol–water partition coefficient (Wildman–Crippen LogP) is 6.26. The van der Waals surface area contributed by atoms with E-state index in [-0.39, 0.29) is 23.1 Å². The van der Waals surface area contributed by atoms with E-state index in [2.05, 4.69) is 36.3 Å². The molecular formula is C28H32ClN3O2S. The number of piperidine rings is 1. The molecule has 2 amide bonds. The van der Waals surface area contributed by atoms with Crippen molar-refractivity contribution in [3.63, 3.8) is 0 Å². The van der Waals surface area contributed by atoms with Gasteiger partial charge in [0.25, 0.3) is 5.91 Å². The van der Waals surface area contributed by atoms with Crippen LogP contribution < -0.4 is 5.32 Å². The summed E-state index contributed by atoms with van der Waals surface area (Å²) in [5, 5.41) is 5.72. The van der Waals surface area contributed by atoms with Gasteiger partial charge in [-0.15, -0.1) is 11.3 Å². The molecule has 2 atom stereocenters. The van der Waals surface area contributed by atoms with Gasteiger partial charge in [0.2, 0.25) is 5.91 Å². The molecule has 2 aromatic heterocycles. The molecular weight excluding hydrogens is 478 g/mol. The minimum atomic E-state index is -0.601. The first-order valence-electron chi connectivity index (χ1n) is 12.0. The molecule has 0 saturated carbocycles. The van der Waals surface area contributed by atoms with Crippen molar-refractivity contribution in [3.8, 4) is 10.4 Å². The molecule has 1 aliphatic rings. The van der Waals surface area contributed by atoms with Crippen LogP contribution in [-0.4, -0.2) is 40.8 Å². The Hall–Kier alpha value is -2.70. The first-order chi connectivity index (χ1) is 16.7. The summed E-state index contributed by atoms with van der Waals surface area (Å²) in [6.07, 6.45) is 4.17. The van der Waals surface area contributed by atoms with E-state index in [0.29, 0.717) is 24.6 Å². The Morgan fingerprint density at radius 2 is 1.91 bits per heavy atom. The molecule has 1 aromatic carbocycles. The summed E-state index contributed by atoms with van der Waals surface area (Å²) < 4.78 is 0. The second kappa shape index (κ2) is 10.5. The lowest BCUT2D eigenvalue weighted by Crippen LogP contribution is -2.55. The molecule has 1 aliphatic heterocycles. The van der Waals surface area contributed by atoms with Crippen LogP contribution in [0.4, 0.5) is 0 Å². The smallest absolute Gasteiger partial charge is 0.253 e. The zero-order chi connectivity index (χ0) is 25.2. The molecule has 184 valence electrons. The number of rotatable bonds is 6. The van der Waals surface area contributed by atoms with E-state index >= 15 is 0 Å². The van der Waals surface area contributed by atoms with Crippen molar-refractivity contribution in [1.29, 1.82) is 0 Å². The number of likely N-dealkylation sites (tertiary alicyclic amines) is 1. The summed E-state index contributed by atoms with van der Waals surface area (Å²) in [5.74, 6) is -0.0180. The molecule has 7 heteroatoms. The van der Waals surface area contributed by atoms with Gasteiger partial charge in [-0.1, -0.05) is 57.5 Å². The quantitative estimate of drug-likeness (QED) is 0.426. The third kappa shape index (κ3) is 5.76. The zero-order valence-corrected chi connectivity index (χ0v) is 22.2. The predicted molar refractivity (Wildman–Crippen MR) is 143 cm³/mol. The maximum absolute atomic E-state index is 13.6. The second-order valence-electron chi connectivity index (χ2n) is 10.3. The van der Waals surface area contributed by atoms with E-state index in [9.17, 15) is 9.59 Å². The first kappa shape index (κ1) is 25.4. The van der Waals surface area contributed by atoms with Crippen LogP contribution in [0, 0.1) is 11.3 Å². The Labute approximate surface area is 216 Å². The summed E-state index contributed by atoms with van der Waals surface area (Å²) in [6.45, 7) is 9.63. The molecule has 3 aromatic rings. The first-order valence-corrected chi connectivity index (χ1v) is 13.3. The van der Waals surface area contributed by atoms with Crippen molar-refractivity contribution < 1.29 is 9.59 Å². The van der Waals surface area contributed by atoms with Crippen LogP contribution >= 0.6 is 22.9 Å². The fraction of sp³-hybridized carbons (Fsp3) is 0.393. The van der Waals surface area contributed by atoms with E-state index < -0.39 is 6.04 Å². The van der Waals surface area contributed by atoms with Gasteiger partial charge in [0, 0.05) is 40.9 Å². The SMILES string of the molecule is CC(C)[C@@H](NC(=O)c1cncc(-c2cccs2)c1)C(=O)N1CC[C@H](c2ccc(Cl)cc2)C(C)(C)C1. The highest BCUT2D eigenvalue weighted by Gasteiger charge is 2.40. The number of nitrogens with zero attached hydrogens (tertiary/aromatic N) is 2. The number of hydrogen-bond donors (Lipinski definition) is 1. The molecule has 3 heterocycles. The molecule has 0 spiro atoms. The third-order valence-corrected chi connectivity index (χ3v) is 8.01. The number of nitrogens with one attached hydrogen (secondary N) is 1. The highest BCUT2D eigenvalue weighted by Crippen LogP contribution is 2.42. The summed E-state index contributed by atoms with van der Waals surface area (Å²) >= 11 is 7.68. The van der Waals surface area contributed by atoms with Crippen LogP contribution in [0.2, 0.25) is 5.02 Å². The number of amides is 2. The van der Waals surface area contributed by atoms with Crippen molar-refractivity contribution in [2.45, 2.75) is 46.1 Å². The lowest BCUT2D eigenvalue weighted by Gasteiger charge is -2.45. The Bertz CT molecular complexity index is 1180. The lowest BCUT2D eigenvalue weighted by molar-refractivity contribution is -0.137. The summed E-state index contributed by atoms with van der Waals surface area (Å²) in [4.78, 5) is 34.0. The summed E-state index contributed by atoms with van der Waals surface area (Å²) in [5.41, 5.74) is 2.49. The summed E-state index contributed by atoms with van der Waals surface area (Å²) in [7, 11) is 0. The molecule has 0 radical (unpaired) electrons. The zero-order valence-electron chi connectivity index (χ0n) is 20.6. The Morgan fingerprint density at radius 1 is 1.17 bits per heavy atom. The van der Waals surface area contributed by atoms with Gasteiger partial charge in [0.05, 0.1) is 5.56 Å².